The Morgan fingerprint density at radius 3 is 2.89 bits per heavy atom. The second-order valence-electron chi connectivity index (χ2n) is 4.07. The van der Waals surface area contributed by atoms with E-state index in [1.807, 2.05) is 22.8 Å². The summed E-state index contributed by atoms with van der Waals surface area (Å²) >= 11 is 4.80. The van der Waals surface area contributed by atoms with Crippen LogP contribution >= 0.6 is 27.3 Å². The van der Waals surface area contributed by atoms with Gasteiger partial charge in [0.25, 0.3) is 0 Å². The van der Waals surface area contributed by atoms with Crippen LogP contribution in [0.4, 0.5) is 0 Å². The highest BCUT2D eigenvalue weighted by Gasteiger charge is 2.12. The van der Waals surface area contributed by atoms with Gasteiger partial charge in [0.1, 0.15) is 17.1 Å². The lowest BCUT2D eigenvalue weighted by Crippen LogP contribution is -1.90. The maximum atomic E-state index is 9.85. The van der Waals surface area contributed by atoms with Crippen LogP contribution in [0.3, 0.4) is 0 Å². The maximum absolute atomic E-state index is 9.85. The van der Waals surface area contributed by atoms with Crippen molar-refractivity contribution in [3.05, 3.63) is 46.5 Å². The Hall–Kier alpha value is -1.79. The minimum absolute atomic E-state index is 0.145. The third kappa shape index (κ3) is 2.02. The number of thiophene rings is 1. The average Bonchev–Trinajstić information content (AvgIpc) is 2.91. The molecule has 4 nitrogen and oxygen atoms in total. The van der Waals surface area contributed by atoms with Gasteiger partial charge in [-0.2, -0.15) is 0 Å². The first-order chi connectivity index (χ1) is 9.06. The van der Waals surface area contributed by atoms with Crippen LogP contribution in [0.5, 0.6) is 5.75 Å². The Bertz CT molecular complexity index is 790. The van der Waals surface area contributed by atoms with E-state index in [-0.39, 0.29) is 5.75 Å². The molecule has 1 aromatic carbocycles. The van der Waals surface area contributed by atoms with Crippen molar-refractivity contribution in [3.8, 4) is 10.8 Å². The summed E-state index contributed by atoms with van der Waals surface area (Å²) in [7, 11) is 0. The third-order valence-corrected chi connectivity index (χ3v) is 4.43. The molecule has 3 N–H and O–H groups in total. The zero-order valence-corrected chi connectivity index (χ0v) is 12.2. The zero-order valence-electron chi connectivity index (χ0n) is 9.80. The van der Waals surface area contributed by atoms with Crippen molar-refractivity contribution in [3.63, 3.8) is 0 Å². The van der Waals surface area contributed by atoms with Crippen LogP contribution in [-0.4, -0.2) is 14.7 Å². The van der Waals surface area contributed by atoms with Gasteiger partial charge in [0.2, 0.25) is 0 Å². The van der Waals surface area contributed by atoms with Crippen LogP contribution in [0.25, 0.3) is 21.7 Å². The van der Waals surface area contributed by atoms with E-state index in [0.29, 0.717) is 10.6 Å². The number of hydrogen-bond donors (Lipinski definition) is 2. The van der Waals surface area contributed by atoms with E-state index >= 15 is 0 Å². The standard InChI is InChI=1S/C13H10BrN3OS/c1-7(15)13-11(18)5-12(19-13)17-6-16-9-4-8(14)2-3-10(9)17/h2-6,18H,1,15H2. The zero-order chi connectivity index (χ0) is 13.6. The van der Waals surface area contributed by atoms with E-state index in [2.05, 4.69) is 27.5 Å². The van der Waals surface area contributed by atoms with Crippen LogP contribution in [-0.2, 0) is 0 Å². The van der Waals surface area contributed by atoms with E-state index in [4.69, 9.17) is 5.73 Å². The molecule has 0 atom stereocenters. The lowest BCUT2D eigenvalue weighted by molar-refractivity contribution is 0.476. The van der Waals surface area contributed by atoms with Gasteiger partial charge < -0.3 is 10.8 Å². The Labute approximate surface area is 121 Å². The fourth-order valence-electron chi connectivity index (χ4n) is 1.88. The van der Waals surface area contributed by atoms with Crippen LogP contribution < -0.4 is 5.73 Å². The molecule has 2 aromatic heterocycles. The molecular weight excluding hydrogens is 326 g/mol. The summed E-state index contributed by atoms with van der Waals surface area (Å²) in [6.45, 7) is 3.65. The Balaban J connectivity index is 2.19. The highest BCUT2D eigenvalue weighted by atomic mass is 79.9. The second-order valence-corrected chi connectivity index (χ2v) is 6.02. The second kappa shape index (κ2) is 4.40. The summed E-state index contributed by atoms with van der Waals surface area (Å²) in [4.78, 5) is 4.94. The number of rotatable bonds is 2. The number of imidazole rings is 1. The minimum Gasteiger partial charge on any atom is -0.506 e. The molecular formula is C13H10BrN3OS. The van der Waals surface area contributed by atoms with Gasteiger partial charge in [-0.25, -0.2) is 4.98 Å². The molecule has 0 aliphatic heterocycles. The molecule has 19 heavy (non-hydrogen) atoms. The van der Waals surface area contributed by atoms with Gasteiger partial charge in [-0.1, -0.05) is 22.5 Å². The van der Waals surface area contributed by atoms with Crippen molar-refractivity contribution in [2.45, 2.75) is 0 Å². The predicted octanol–water partition coefficient (Wildman–Crippen LogP) is 3.48. The van der Waals surface area contributed by atoms with Gasteiger partial charge in [0.05, 0.1) is 15.9 Å². The Kier molecular flexibility index (Phi) is 2.83. The van der Waals surface area contributed by atoms with E-state index in [1.165, 1.54) is 11.3 Å². The molecule has 2 heterocycles. The topological polar surface area (TPSA) is 64.1 Å². The highest BCUT2D eigenvalue weighted by Crippen LogP contribution is 2.35. The van der Waals surface area contributed by atoms with E-state index in [9.17, 15) is 5.11 Å². The number of benzene rings is 1. The number of nitrogens with two attached hydrogens (primary N) is 1. The number of aromatic nitrogens is 2. The van der Waals surface area contributed by atoms with E-state index in [1.54, 1.807) is 12.4 Å². The van der Waals surface area contributed by atoms with Crippen molar-refractivity contribution < 1.29 is 5.11 Å². The van der Waals surface area contributed by atoms with Crippen LogP contribution in [0.15, 0.2) is 41.6 Å². The SMILES string of the molecule is C=C(N)c1sc(-n2cnc3cc(Br)ccc32)cc1O. The largest absolute Gasteiger partial charge is 0.506 e. The lowest BCUT2D eigenvalue weighted by atomic mass is 10.3. The Morgan fingerprint density at radius 1 is 1.42 bits per heavy atom. The Morgan fingerprint density at radius 2 is 2.21 bits per heavy atom. The van der Waals surface area contributed by atoms with Crippen molar-refractivity contribution >= 4 is 44.0 Å². The molecule has 0 bridgehead atoms. The molecule has 0 saturated carbocycles. The monoisotopic (exact) mass is 335 g/mol. The fourth-order valence-corrected chi connectivity index (χ4v) is 3.15. The molecule has 0 fully saturated rings. The third-order valence-electron chi connectivity index (χ3n) is 2.74. The number of nitrogens with zero attached hydrogens (tertiary/aromatic N) is 2. The molecule has 0 spiro atoms. The van der Waals surface area contributed by atoms with Gasteiger partial charge in [-0.3, -0.25) is 4.57 Å². The van der Waals surface area contributed by atoms with Gasteiger partial charge >= 0.3 is 0 Å². The molecule has 3 rings (SSSR count). The molecule has 6 heteroatoms. The first-order valence-electron chi connectivity index (χ1n) is 5.47. The summed E-state index contributed by atoms with van der Waals surface area (Å²) in [6, 6.07) is 7.54. The van der Waals surface area contributed by atoms with Gasteiger partial charge in [-0.15, -0.1) is 11.3 Å². The van der Waals surface area contributed by atoms with E-state index in [0.717, 1.165) is 20.5 Å². The van der Waals surface area contributed by atoms with Crippen LogP contribution in [0, 0.1) is 0 Å². The van der Waals surface area contributed by atoms with Crippen molar-refractivity contribution in [2.24, 2.45) is 5.73 Å². The fraction of sp³-hybridized carbons (Fsp3) is 0. The normalized spacial score (nSPS) is 11.0. The summed E-state index contributed by atoms with van der Waals surface area (Å²) in [6.07, 6.45) is 1.73. The summed E-state index contributed by atoms with van der Waals surface area (Å²) < 4.78 is 2.90. The van der Waals surface area contributed by atoms with Crippen molar-refractivity contribution in [2.75, 3.05) is 0 Å². The maximum Gasteiger partial charge on any atom is 0.137 e. The van der Waals surface area contributed by atoms with Gasteiger partial charge in [-0.05, 0) is 18.2 Å². The molecule has 0 saturated heterocycles. The predicted molar refractivity (Wildman–Crippen MR) is 81.5 cm³/mol. The van der Waals surface area contributed by atoms with Crippen molar-refractivity contribution in [1.29, 1.82) is 0 Å². The molecule has 96 valence electrons. The average molecular weight is 336 g/mol. The minimum atomic E-state index is 0.145. The number of fused-ring (bicyclic) bond motifs is 1. The first kappa shape index (κ1) is 12.3. The van der Waals surface area contributed by atoms with Gasteiger partial charge in [0, 0.05) is 16.2 Å². The molecule has 0 radical (unpaired) electrons. The summed E-state index contributed by atoms with van der Waals surface area (Å²) in [5.41, 5.74) is 7.86. The number of hydrogen-bond acceptors (Lipinski definition) is 4. The molecule has 0 aliphatic rings. The van der Waals surface area contributed by atoms with Crippen LogP contribution in [0.2, 0.25) is 0 Å². The first-order valence-corrected chi connectivity index (χ1v) is 7.08. The van der Waals surface area contributed by atoms with Crippen LogP contribution in [0.1, 0.15) is 4.88 Å². The lowest BCUT2D eigenvalue weighted by Gasteiger charge is -1.99. The number of aromatic hydroxyl groups is 1. The summed E-state index contributed by atoms with van der Waals surface area (Å²) in [5.74, 6) is 0.145. The molecule has 0 aliphatic carbocycles. The molecule has 0 unspecified atom stereocenters. The van der Waals surface area contributed by atoms with Gasteiger partial charge in [0.15, 0.2) is 0 Å². The number of halogens is 1. The smallest absolute Gasteiger partial charge is 0.137 e. The quantitative estimate of drug-likeness (QED) is 0.753. The highest BCUT2D eigenvalue weighted by molar-refractivity contribution is 9.10. The van der Waals surface area contributed by atoms with Crippen molar-refractivity contribution in [1.82, 2.24) is 9.55 Å². The molecule has 0 amide bonds. The molecule has 3 aromatic rings. The summed E-state index contributed by atoms with van der Waals surface area (Å²) in [5, 5.41) is 10.7. The van der Waals surface area contributed by atoms with E-state index < -0.39 is 0 Å².